The molecule has 4 rings (SSSR count). The van der Waals surface area contributed by atoms with E-state index < -0.39 is 0 Å². The van der Waals surface area contributed by atoms with E-state index in [1.165, 1.54) is 5.56 Å². The summed E-state index contributed by atoms with van der Waals surface area (Å²) in [6.45, 7) is 3.83. The van der Waals surface area contributed by atoms with Crippen LogP contribution in [0.5, 0.6) is 5.75 Å². The predicted molar refractivity (Wildman–Crippen MR) is 86.2 cm³/mol. The summed E-state index contributed by atoms with van der Waals surface area (Å²) in [4.78, 5) is 6.59. The van der Waals surface area contributed by atoms with Crippen molar-refractivity contribution in [3.05, 3.63) is 46.9 Å². The van der Waals surface area contributed by atoms with Crippen LogP contribution >= 0.6 is 11.3 Å². The number of pyridine rings is 1. The van der Waals surface area contributed by atoms with Crippen molar-refractivity contribution in [1.82, 2.24) is 9.88 Å². The number of hydrogen-bond acceptors (Lipinski definition) is 5. The Morgan fingerprint density at radius 1 is 1.45 bits per heavy atom. The smallest absolute Gasteiger partial charge is 0.138 e. The lowest BCUT2D eigenvalue weighted by Crippen LogP contribution is -2.33. The van der Waals surface area contributed by atoms with Gasteiger partial charge in [-0.05, 0) is 40.9 Å². The van der Waals surface area contributed by atoms with Gasteiger partial charge >= 0.3 is 0 Å². The minimum atomic E-state index is -0.0110. The zero-order valence-corrected chi connectivity index (χ0v) is 13.3. The standard InChI is InChI=1S/C17H20N2O2S/c1-2-15(9-18-5-1)21-16-8-17(20-11-16)4-6-19(13-17)10-14-3-7-22-12-14/h1-3,5,7,9,12,16H,4,6,8,10-11,13H2/t16-,17-/m0/s1. The van der Waals surface area contributed by atoms with Gasteiger partial charge in [-0.3, -0.25) is 9.88 Å². The van der Waals surface area contributed by atoms with Gasteiger partial charge in [-0.15, -0.1) is 0 Å². The second-order valence-electron chi connectivity index (χ2n) is 6.22. The van der Waals surface area contributed by atoms with Crippen molar-refractivity contribution in [3.63, 3.8) is 0 Å². The number of likely N-dealkylation sites (tertiary alicyclic amines) is 1. The summed E-state index contributed by atoms with van der Waals surface area (Å²) in [5, 5.41) is 4.37. The van der Waals surface area contributed by atoms with E-state index in [9.17, 15) is 0 Å². The first-order valence-electron chi connectivity index (χ1n) is 7.75. The van der Waals surface area contributed by atoms with E-state index in [1.807, 2.05) is 12.1 Å². The molecular formula is C17H20N2O2S. The SMILES string of the molecule is c1cncc(O[C@@H]2CO[C@@]3(CCN(Cc4ccsc4)C3)C2)c1. The second kappa shape index (κ2) is 5.99. The van der Waals surface area contributed by atoms with Crippen LogP contribution in [0.2, 0.25) is 0 Å². The third-order valence-electron chi connectivity index (χ3n) is 4.49. The highest BCUT2D eigenvalue weighted by Gasteiger charge is 2.46. The van der Waals surface area contributed by atoms with Crippen LogP contribution in [0.15, 0.2) is 41.4 Å². The second-order valence-corrected chi connectivity index (χ2v) is 7.00. The van der Waals surface area contributed by atoms with Crippen molar-refractivity contribution >= 4 is 11.3 Å². The van der Waals surface area contributed by atoms with Gasteiger partial charge in [-0.1, -0.05) is 0 Å². The van der Waals surface area contributed by atoms with Crippen LogP contribution in [-0.4, -0.2) is 41.3 Å². The molecule has 0 bridgehead atoms. The molecule has 0 amide bonds. The van der Waals surface area contributed by atoms with Crippen LogP contribution in [0.1, 0.15) is 18.4 Å². The summed E-state index contributed by atoms with van der Waals surface area (Å²) in [6.07, 6.45) is 5.75. The monoisotopic (exact) mass is 316 g/mol. The highest BCUT2D eigenvalue weighted by molar-refractivity contribution is 7.07. The Hall–Kier alpha value is -1.43. The lowest BCUT2D eigenvalue weighted by molar-refractivity contribution is 0.00935. The third-order valence-corrected chi connectivity index (χ3v) is 5.23. The number of rotatable bonds is 4. The van der Waals surface area contributed by atoms with E-state index in [0.29, 0.717) is 6.61 Å². The van der Waals surface area contributed by atoms with E-state index in [-0.39, 0.29) is 11.7 Å². The maximum absolute atomic E-state index is 6.15. The summed E-state index contributed by atoms with van der Waals surface area (Å²) >= 11 is 1.76. The van der Waals surface area contributed by atoms with E-state index in [1.54, 1.807) is 23.7 Å². The molecule has 4 nitrogen and oxygen atoms in total. The fourth-order valence-electron chi connectivity index (χ4n) is 3.48. The number of hydrogen-bond donors (Lipinski definition) is 0. The minimum Gasteiger partial charge on any atom is -0.486 e. The van der Waals surface area contributed by atoms with Gasteiger partial charge in [0.15, 0.2) is 0 Å². The number of ether oxygens (including phenoxy) is 2. The third kappa shape index (κ3) is 3.02. The zero-order chi connectivity index (χ0) is 14.8. The summed E-state index contributed by atoms with van der Waals surface area (Å²) in [7, 11) is 0. The molecule has 2 atom stereocenters. The van der Waals surface area contributed by atoms with E-state index in [2.05, 4.69) is 26.7 Å². The Balaban J connectivity index is 1.34. The van der Waals surface area contributed by atoms with Crippen LogP contribution in [-0.2, 0) is 11.3 Å². The number of thiophene rings is 1. The first kappa shape index (κ1) is 14.2. The molecule has 0 N–H and O–H groups in total. The highest BCUT2D eigenvalue weighted by Crippen LogP contribution is 2.37. The van der Waals surface area contributed by atoms with Crippen LogP contribution < -0.4 is 4.74 Å². The van der Waals surface area contributed by atoms with E-state index in [0.717, 1.165) is 38.2 Å². The number of aromatic nitrogens is 1. The van der Waals surface area contributed by atoms with Gasteiger partial charge in [0.2, 0.25) is 0 Å². The molecule has 0 saturated carbocycles. The topological polar surface area (TPSA) is 34.6 Å². The van der Waals surface area contributed by atoms with Crippen molar-refractivity contribution in [2.24, 2.45) is 0 Å². The molecule has 2 aliphatic rings. The Kier molecular flexibility index (Phi) is 3.86. The van der Waals surface area contributed by atoms with Crippen LogP contribution in [0.25, 0.3) is 0 Å². The molecule has 0 unspecified atom stereocenters. The van der Waals surface area contributed by atoms with Crippen molar-refractivity contribution in [1.29, 1.82) is 0 Å². The highest BCUT2D eigenvalue weighted by atomic mass is 32.1. The number of nitrogens with zero attached hydrogens (tertiary/aromatic N) is 2. The summed E-state index contributed by atoms with van der Waals surface area (Å²) in [5.74, 6) is 0.835. The van der Waals surface area contributed by atoms with Gasteiger partial charge in [0.05, 0.1) is 18.4 Å². The Bertz CT molecular complexity index is 604. The maximum atomic E-state index is 6.15. The average Bonchev–Trinajstić information content (AvgIpc) is 3.25. The molecule has 2 aliphatic heterocycles. The first-order chi connectivity index (χ1) is 10.8. The predicted octanol–water partition coefficient (Wildman–Crippen LogP) is 2.96. The molecule has 5 heteroatoms. The van der Waals surface area contributed by atoms with Gasteiger partial charge in [-0.2, -0.15) is 11.3 Å². The Labute approximate surface area is 134 Å². The molecule has 0 aliphatic carbocycles. The first-order valence-corrected chi connectivity index (χ1v) is 8.70. The molecule has 4 heterocycles. The quantitative estimate of drug-likeness (QED) is 0.868. The zero-order valence-electron chi connectivity index (χ0n) is 12.5. The van der Waals surface area contributed by atoms with Gasteiger partial charge in [0.1, 0.15) is 11.9 Å². The molecule has 116 valence electrons. The molecular weight excluding hydrogens is 296 g/mol. The molecule has 0 radical (unpaired) electrons. The largest absolute Gasteiger partial charge is 0.486 e. The molecule has 0 aromatic carbocycles. The van der Waals surface area contributed by atoms with Gasteiger partial charge < -0.3 is 9.47 Å². The Morgan fingerprint density at radius 2 is 2.45 bits per heavy atom. The van der Waals surface area contributed by atoms with Crippen LogP contribution in [0.4, 0.5) is 0 Å². The fourth-order valence-corrected chi connectivity index (χ4v) is 4.13. The molecule has 22 heavy (non-hydrogen) atoms. The van der Waals surface area contributed by atoms with Crippen molar-refractivity contribution < 1.29 is 9.47 Å². The summed E-state index contributed by atoms with van der Waals surface area (Å²) in [5.41, 5.74) is 1.39. The summed E-state index contributed by atoms with van der Waals surface area (Å²) < 4.78 is 12.1. The van der Waals surface area contributed by atoms with Gasteiger partial charge in [-0.25, -0.2) is 0 Å². The van der Waals surface area contributed by atoms with Gasteiger partial charge in [0, 0.05) is 32.3 Å². The maximum Gasteiger partial charge on any atom is 0.138 e. The Morgan fingerprint density at radius 3 is 3.27 bits per heavy atom. The fraction of sp³-hybridized carbons (Fsp3) is 0.471. The lowest BCUT2D eigenvalue weighted by Gasteiger charge is -2.23. The minimum absolute atomic E-state index is 0.0110. The molecule has 2 fully saturated rings. The average molecular weight is 316 g/mol. The lowest BCUT2D eigenvalue weighted by atomic mass is 9.98. The van der Waals surface area contributed by atoms with E-state index >= 15 is 0 Å². The van der Waals surface area contributed by atoms with Crippen molar-refractivity contribution in [2.45, 2.75) is 31.1 Å². The van der Waals surface area contributed by atoms with Crippen LogP contribution in [0.3, 0.4) is 0 Å². The molecule has 2 saturated heterocycles. The van der Waals surface area contributed by atoms with Crippen molar-refractivity contribution in [3.8, 4) is 5.75 Å². The van der Waals surface area contributed by atoms with Crippen molar-refractivity contribution in [2.75, 3.05) is 19.7 Å². The molecule has 1 spiro atoms. The van der Waals surface area contributed by atoms with Gasteiger partial charge in [0.25, 0.3) is 0 Å². The van der Waals surface area contributed by atoms with Crippen LogP contribution in [0, 0.1) is 0 Å². The normalized spacial score (nSPS) is 28.5. The van der Waals surface area contributed by atoms with E-state index in [4.69, 9.17) is 9.47 Å². The summed E-state index contributed by atoms with van der Waals surface area (Å²) in [6, 6.07) is 6.06. The molecule has 2 aromatic rings. The molecule has 2 aromatic heterocycles.